The molecular weight excluding hydrogens is 310 g/mol. The maximum absolute atomic E-state index is 11.7. The number of benzene rings is 1. The van der Waals surface area contributed by atoms with Crippen molar-refractivity contribution in [1.29, 1.82) is 0 Å². The molecule has 2 saturated carbocycles. The normalized spacial score (nSPS) is 28.7. The molecule has 0 unspecified atom stereocenters. The van der Waals surface area contributed by atoms with Crippen LogP contribution in [0.2, 0.25) is 0 Å². The Morgan fingerprint density at radius 2 is 1.96 bits per heavy atom. The van der Waals surface area contributed by atoms with Crippen molar-refractivity contribution in [2.75, 3.05) is 6.61 Å². The van der Waals surface area contributed by atoms with E-state index >= 15 is 0 Å². The molecule has 0 radical (unpaired) electrons. The minimum absolute atomic E-state index is 0.0145. The van der Waals surface area contributed by atoms with Crippen molar-refractivity contribution < 1.29 is 9.53 Å². The summed E-state index contributed by atoms with van der Waals surface area (Å²) in [6.07, 6.45) is 10.1. The van der Waals surface area contributed by atoms with Crippen LogP contribution < -0.4 is 0 Å². The molecule has 0 atom stereocenters. The third-order valence-corrected chi connectivity index (χ3v) is 6.37. The predicted molar refractivity (Wildman–Crippen MR) is 99.4 cm³/mol. The van der Waals surface area contributed by atoms with Gasteiger partial charge >= 0.3 is 5.97 Å². The average Bonchev–Trinajstić information content (AvgIpc) is 2.61. The summed E-state index contributed by atoms with van der Waals surface area (Å²) in [5, 5.41) is 1.32. The molecule has 1 aromatic carbocycles. The zero-order valence-corrected chi connectivity index (χ0v) is 15.0. The van der Waals surface area contributed by atoms with Gasteiger partial charge in [-0.25, -0.2) is 0 Å². The number of ether oxygens (including phenoxy) is 1. The Morgan fingerprint density at radius 1 is 1.20 bits per heavy atom. The SMILES string of the molecule is CCOC(=O)CC1CC2(CCC(c3ccnc4ccccc34)CC2)C1. The number of nitrogens with zero attached hydrogens (tertiary/aromatic N) is 1. The number of para-hydroxylation sites is 1. The predicted octanol–water partition coefficient (Wildman–Crippen LogP) is 5.24. The van der Waals surface area contributed by atoms with E-state index < -0.39 is 0 Å². The summed E-state index contributed by atoms with van der Waals surface area (Å²) in [6, 6.07) is 10.7. The highest BCUT2D eigenvalue weighted by molar-refractivity contribution is 5.82. The van der Waals surface area contributed by atoms with E-state index in [9.17, 15) is 4.79 Å². The zero-order valence-electron chi connectivity index (χ0n) is 15.0. The molecule has 132 valence electrons. The van der Waals surface area contributed by atoms with Crippen LogP contribution in [0.5, 0.6) is 0 Å². The van der Waals surface area contributed by atoms with Gasteiger partial charge in [0.15, 0.2) is 0 Å². The first-order valence-corrected chi connectivity index (χ1v) is 9.68. The highest BCUT2D eigenvalue weighted by atomic mass is 16.5. The van der Waals surface area contributed by atoms with Gasteiger partial charge in [-0.05, 0) is 80.4 Å². The number of pyridine rings is 1. The Morgan fingerprint density at radius 3 is 2.72 bits per heavy atom. The number of carbonyl (C=O) groups excluding carboxylic acids is 1. The van der Waals surface area contributed by atoms with E-state index in [1.165, 1.54) is 49.5 Å². The van der Waals surface area contributed by atoms with E-state index in [1.54, 1.807) is 0 Å². The van der Waals surface area contributed by atoms with Crippen LogP contribution in [0.1, 0.15) is 63.4 Å². The Bertz CT molecular complexity index is 748. The van der Waals surface area contributed by atoms with Gasteiger partial charge in [-0.3, -0.25) is 9.78 Å². The number of rotatable bonds is 4. The van der Waals surface area contributed by atoms with Crippen molar-refractivity contribution in [2.24, 2.45) is 11.3 Å². The van der Waals surface area contributed by atoms with E-state index in [4.69, 9.17) is 4.74 Å². The maximum Gasteiger partial charge on any atom is 0.306 e. The minimum atomic E-state index is -0.0145. The molecule has 2 fully saturated rings. The van der Waals surface area contributed by atoms with Gasteiger partial charge in [-0.1, -0.05) is 18.2 Å². The van der Waals surface area contributed by atoms with Crippen LogP contribution in [-0.2, 0) is 9.53 Å². The van der Waals surface area contributed by atoms with Gasteiger partial charge in [0, 0.05) is 18.0 Å². The molecule has 1 aromatic heterocycles. The molecule has 1 heterocycles. The zero-order chi connectivity index (χ0) is 17.3. The molecule has 3 nitrogen and oxygen atoms in total. The van der Waals surface area contributed by atoms with Gasteiger partial charge in [0.05, 0.1) is 12.1 Å². The fourth-order valence-electron chi connectivity index (χ4n) is 5.19. The molecule has 2 aromatic rings. The molecule has 25 heavy (non-hydrogen) atoms. The quantitative estimate of drug-likeness (QED) is 0.716. The van der Waals surface area contributed by atoms with Crippen LogP contribution >= 0.6 is 0 Å². The standard InChI is InChI=1S/C22H27NO2/c1-2-25-21(24)13-16-14-22(15-16)10-7-17(8-11-22)18-9-12-23-20-6-4-3-5-19(18)20/h3-6,9,12,16-17H,2,7-8,10-11,13-15H2,1H3. The molecule has 1 spiro atoms. The number of carbonyl (C=O) groups is 1. The second-order valence-corrected chi connectivity index (χ2v) is 7.98. The number of hydrogen-bond donors (Lipinski definition) is 0. The van der Waals surface area contributed by atoms with Crippen LogP contribution in [-0.4, -0.2) is 17.6 Å². The number of fused-ring (bicyclic) bond motifs is 1. The molecule has 0 bridgehead atoms. The second kappa shape index (κ2) is 6.78. The molecule has 0 saturated heterocycles. The van der Waals surface area contributed by atoms with E-state index in [0.717, 1.165) is 5.52 Å². The molecular formula is C22H27NO2. The van der Waals surface area contributed by atoms with Crippen molar-refractivity contribution in [3.63, 3.8) is 0 Å². The highest BCUT2D eigenvalue weighted by Gasteiger charge is 2.46. The first-order chi connectivity index (χ1) is 12.2. The summed E-state index contributed by atoms with van der Waals surface area (Å²) in [7, 11) is 0. The monoisotopic (exact) mass is 337 g/mol. The number of aromatic nitrogens is 1. The van der Waals surface area contributed by atoms with E-state index in [1.807, 2.05) is 13.1 Å². The first kappa shape index (κ1) is 16.6. The lowest BCUT2D eigenvalue weighted by atomic mass is 9.53. The van der Waals surface area contributed by atoms with Gasteiger partial charge in [-0.15, -0.1) is 0 Å². The second-order valence-electron chi connectivity index (χ2n) is 7.98. The third kappa shape index (κ3) is 3.29. The van der Waals surface area contributed by atoms with E-state index in [-0.39, 0.29) is 5.97 Å². The topological polar surface area (TPSA) is 39.2 Å². The summed E-state index contributed by atoms with van der Waals surface area (Å²) < 4.78 is 5.09. The van der Waals surface area contributed by atoms with Crippen LogP contribution in [0.3, 0.4) is 0 Å². The molecule has 2 aliphatic carbocycles. The summed E-state index contributed by atoms with van der Waals surface area (Å²) in [5.41, 5.74) is 3.09. The van der Waals surface area contributed by atoms with Crippen molar-refractivity contribution in [3.05, 3.63) is 42.1 Å². The van der Waals surface area contributed by atoms with E-state index in [0.29, 0.717) is 30.3 Å². The van der Waals surface area contributed by atoms with Crippen molar-refractivity contribution in [3.8, 4) is 0 Å². The van der Waals surface area contributed by atoms with Crippen LogP contribution in [0, 0.1) is 11.3 Å². The average molecular weight is 337 g/mol. The Labute approximate surface area is 149 Å². The molecule has 2 aliphatic rings. The maximum atomic E-state index is 11.7. The lowest BCUT2D eigenvalue weighted by molar-refractivity contribution is -0.146. The van der Waals surface area contributed by atoms with Gasteiger partial charge in [0.2, 0.25) is 0 Å². The molecule has 0 amide bonds. The number of esters is 1. The van der Waals surface area contributed by atoms with Crippen molar-refractivity contribution >= 4 is 16.9 Å². The van der Waals surface area contributed by atoms with Gasteiger partial charge in [0.25, 0.3) is 0 Å². The Balaban J connectivity index is 1.37. The largest absolute Gasteiger partial charge is 0.466 e. The molecule has 0 N–H and O–H groups in total. The van der Waals surface area contributed by atoms with Crippen LogP contribution in [0.15, 0.2) is 36.5 Å². The van der Waals surface area contributed by atoms with Gasteiger partial charge < -0.3 is 4.74 Å². The van der Waals surface area contributed by atoms with Crippen molar-refractivity contribution in [1.82, 2.24) is 4.98 Å². The summed E-state index contributed by atoms with van der Waals surface area (Å²) in [5.74, 6) is 1.19. The Kier molecular flexibility index (Phi) is 4.49. The molecule has 3 heteroatoms. The Hall–Kier alpha value is -1.90. The molecule has 0 aliphatic heterocycles. The highest BCUT2D eigenvalue weighted by Crippen LogP contribution is 2.58. The summed E-state index contributed by atoms with van der Waals surface area (Å²) >= 11 is 0. The fraction of sp³-hybridized carbons (Fsp3) is 0.545. The smallest absolute Gasteiger partial charge is 0.306 e. The fourth-order valence-corrected chi connectivity index (χ4v) is 5.19. The summed E-state index contributed by atoms with van der Waals surface area (Å²) in [4.78, 5) is 16.2. The van der Waals surface area contributed by atoms with Crippen molar-refractivity contribution in [2.45, 2.75) is 57.8 Å². The van der Waals surface area contributed by atoms with Gasteiger partial charge in [-0.2, -0.15) is 0 Å². The minimum Gasteiger partial charge on any atom is -0.466 e. The van der Waals surface area contributed by atoms with Crippen LogP contribution in [0.4, 0.5) is 0 Å². The molecule has 4 rings (SSSR count). The lowest BCUT2D eigenvalue weighted by Crippen LogP contribution is -2.41. The third-order valence-electron chi connectivity index (χ3n) is 6.37. The van der Waals surface area contributed by atoms with E-state index in [2.05, 4.69) is 35.3 Å². The lowest BCUT2D eigenvalue weighted by Gasteiger charge is -2.51. The van der Waals surface area contributed by atoms with Gasteiger partial charge in [0.1, 0.15) is 0 Å². The van der Waals surface area contributed by atoms with Crippen LogP contribution in [0.25, 0.3) is 10.9 Å². The number of hydrogen-bond acceptors (Lipinski definition) is 3. The summed E-state index contributed by atoms with van der Waals surface area (Å²) in [6.45, 7) is 2.38. The first-order valence-electron chi connectivity index (χ1n) is 9.68.